The molecule has 0 unspecified atom stereocenters. The van der Waals surface area contributed by atoms with Crippen LogP contribution < -0.4 is 4.74 Å². The van der Waals surface area contributed by atoms with Crippen LogP contribution in [0, 0.1) is 0 Å². The lowest BCUT2D eigenvalue weighted by Gasteiger charge is -2.19. The molecule has 1 aromatic carbocycles. The van der Waals surface area contributed by atoms with Gasteiger partial charge in [-0.15, -0.1) is 0 Å². The van der Waals surface area contributed by atoms with Gasteiger partial charge >= 0.3 is 5.97 Å². The van der Waals surface area contributed by atoms with Gasteiger partial charge in [0.2, 0.25) is 0 Å². The highest BCUT2D eigenvalue weighted by Crippen LogP contribution is 2.28. The Morgan fingerprint density at radius 3 is 2.53 bits per heavy atom. The number of aliphatic carboxylic acids is 1. The molecule has 17 heavy (non-hydrogen) atoms. The Morgan fingerprint density at radius 1 is 1.41 bits per heavy atom. The maximum absolute atomic E-state index is 10.8. The second-order valence-electron chi connectivity index (χ2n) is 4.38. The third kappa shape index (κ3) is 3.46. The van der Waals surface area contributed by atoms with E-state index in [-0.39, 0.29) is 6.54 Å². The molecule has 1 fully saturated rings. The van der Waals surface area contributed by atoms with E-state index in [4.69, 9.17) is 9.84 Å². The molecule has 1 saturated carbocycles. The summed E-state index contributed by atoms with van der Waals surface area (Å²) in [4.78, 5) is 12.8. The first-order chi connectivity index (χ1) is 8.19. The Hall–Kier alpha value is -1.55. The van der Waals surface area contributed by atoms with Crippen LogP contribution in [0.5, 0.6) is 5.75 Å². The Kier molecular flexibility index (Phi) is 3.64. The van der Waals surface area contributed by atoms with Crippen molar-refractivity contribution in [2.75, 3.05) is 13.7 Å². The Labute approximate surface area is 101 Å². The van der Waals surface area contributed by atoms with Gasteiger partial charge < -0.3 is 9.84 Å². The van der Waals surface area contributed by atoms with Crippen molar-refractivity contribution in [3.63, 3.8) is 0 Å². The van der Waals surface area contributed by atoms with Gasteiger partial charge in [-0.3, -0.25) is 9.69 Å². The summed E-state index contributed by atoms with van der Waals surface area (Å²) in [6.07, 6.45) is 2.23. The van der Waals surface area contributed by atoms with E-state index in [2.05, 4.69) is 0 Å². The highest BCUT2D eigenvalue weighted by Gasteiger charge is 2.30. The molecule has 0 spiro atoms. The Bertz CT molecular complexity index is 384. The molecule has 0 radical (unpaired) electrons. The number of benzene rings is 1. The molecule has 0 bridgehead atoms. The van der Waals surface area contributed by atoms with E-state index in [0.717, 1.165) is 24.2 Å². The highest BCUT2D eigenvalue weighted by molar-refractivity contribution is 5.69. The van der Waals surface area contributed by atoms with Crippen molar-refractivity contribution < 1.29 is 14.6 Å². The summed E-state index contributed by atoms with van der Waals surface area (Å²) in [6, 6.07) is 8.22. The number of carboxylic acids is 1. The van der Waals surface area contributed by atoms with E-state index in [0.29, 0.717) is 12.6 Å². The molecule has 0 heterocycles. The molecule has 0 aromatic heterocycles. The van der Waals surface area contributed by atoms with Gasteiger partial charge in [-0.1, -0.05) is 12.1 Å². The molecule has 4 nitrogen and oxygen atoms in total. The molecule has 2 rings (SSSR count). The van der Waals surface area contributed by atoms with Gasteiger partial charge in [-0.05, 0) is 30.5 Å². The monoisotopic (exact) mass is 235 g/mol. The van der Waals surface area contributed by atoms with Crippen LogP contribution in [0.15, 0.2) is 24.3 Å². The summed E-state index contributed by atoms with van der Waals surface area (Å²) in [5.74, 6) is 0.0652. The van der Waals surface area contributed by atoms with Gasteiger partial charge in [0.25, 0.3) is 0 Å². The second kappa shape index (κ2) is 5.19. The summed E-state index contributed by atoms with van der Waals surface area (Å²) < 4.78 is 5.09. The summed E-state index contributed by atoms with van der Waals surface area (Å²) in [5.41, 5.74) is 1.12. The number of carboxylic acid groups (broad SMARTS) is 1. The quantitative estimate of drug-likeness (QED) is 0.816. The molecule has 4 heteroatoms. The van der Waals surface area contributed by atoms with Gasteiger partial charge in [0, 0.05) is 12.6 Å². The molecule has 0 aliphatic heterocycles. The fourth-order valence-electron chi connectivity index (χ4n) is 1.89. The zero-order valence-electron chi connectivity index (χ0n) is 9.93. The summed E-state index contributed by atoms with van der Waals surface area (Å²) >= 11 is 0. The van der Waals surface area contributed by atoms with Gasteiger partial charge in [-0.25, -0.2) is 0 Å². The molecule has 0 saturated heterocycles. The number of hydrogen-bond donors (Lipinski definition) is 1. The van der Waals surface area contributed by atoms with Crippen molar-refractivity contribution in [1.29, 1.82) is 0 Å². The van der Waals surface area contributed by atoms with Crippen molar-refractivity contribution in [1.82, 2.24) is 4.90 Å². The van der Waals surface area contributed by atoms with Gasteiger partial charge in [0.05, 0.1) is 13.7 Å². The average Bonchev–Trinajstić information content (AvgIpc) is 3.12. The van der Waals surface area contributed by atoms with E-state index in [9.17, 15) is 4.79 Å². The van der Waals surface area contributed by atoms with E-state index in [1.54, 1.807) is 7.11 Å². The van der Waals surface area contributed by atoms with Crippen LogP contribution >= 0.6 is 0 Å². The zero-order valence-corrected chi connectivity index (χ0v) is 9.93. The number of ether oxygens (including phenoxy) is 1. The molecule has 0 amide bonds. The lowest BCUT2D eigenvalue weighted by atomic mass is 10.2. The second-order valence-corrected chi connectivity index (χ2v) is 4.38. The Morgan fingerprint density at radius 2 is 2.06 bits per heavy atom. The third-order valence-corrected chi connectivity index (χ3v) is 2.95. The van der Waals surface area contributed by atoms with Gasteiger partial charge in [-0.2, -0.15) is 0 Å². The minimum absolute atomic E-state index is 0.122. The van der Waals surface area contributed by atoms with Crippen LogP contribution in [-0.2, 0) is 11.3 Å². The lowest BCUT2D eigenvalue weighted by molar-refractivity contribution is -0.138. The van der Waals surface area contributed by atoms with Crippen LogP contribution in [0.4, 0.5) is 0 Å². The van der Waals surface area contributed by atoms with Gasteiger partial charge in [0.15, 0.2) is 0 Å². The first-order valence-electron chi connectivity index (χ1n) is 5.78. The first kappa shape index (κ1) is 11.9. The molecular formula is C13H17NO3. The average molecular weight is 235 g/mol. The maximum atomic E-state index is 10.8. The molecular weight excluding hydrogens is 218 g/mol. The molecule has 1 aliphatic carbocycles. The fraction of sp³-hybridized carbons (Fsp3) is 0.462. The number of nitrogens with zero attached hydrogens (tertiary/aromatic N) is 1. The highest BCUT2D eigenvalue weighted by atomic mass is 16.5. The third-order valence-electron chi connectivity index (χ3n) is 2.95. The minimum Gasteiger partial charge on any atom is -0.497 e. The van der Waals surface area contributed by atoms with Crippen molar-refractivity contribution in [3.05, 3.63) is 29.8 Å². The molecule has 0 atom stereocenters. The van der Waals surface area contributed by atoms with E-state index >= 15 is 0 Å². The molecule has 1 aliphatic rings. The van der Waals surface area contributed by atoms with Crippen molar-refractivity contribution in [2.24, 2.45) is 0 Å². The smallest absolute Gasteiger partial charge is 0.317 e. The fourth-order valence-corrected chi connectivity index (χ4v) is 1.89. The van der Waals surface area contributed by atoms with Crippen LogP contribution in [0.3, 0.4) is 0 Å². The van der Waals surface area contributed by atoms with Crippen molar-refractivity contribution in [2.45, 2.75) is 25.4 Å². The molecule has 1 N–H and O–H groups in total. The number of hydrogen-bond acceptors (Lipinski definition) is 3. The molecule has 1 aromatic rings. The maximum Gasteiger partial charge on any atom is 0.317 e. The van der Waals surface area contributed by atoms with Crippen molar-refractivity contribution >= 4 is 5.97 Å². The predicted molar refractivity (Wildman–Crippen MR) is 64.1 cm³/mol. The van der Waals surface area contributed by atoms with Crippen LogP contribution in [0.1, 0.15) is 18.4 Å². The normalized spacial score (nSPS) is 14.9. The first-order valence-corrected chi connectivity index (χ1v) is 5.78. The zero-order chi connectivity index (χ0) is 12.3. The van der Waals surface area contributed by atoms with Crippen LogP contribution in [0.2, 0.25) is 0 Å². The van der Waals surface area contributed by atoms with Crippen LogP contribution in [-0.4, -0.2) is 35.7 Å². The van der Waals surface area contributed by atoms with E-state index < -0.39 is 5.97 Å². The summed E-state index contributed by atoms with van der Waals surface area (Å²) in [7, 11) is 1.63. The molecule has 92 valence electrons. The van der Waals surface area contributed by atoms with E-state index in [1.165, 1.54) is 0 Å². The summed E-state index contributed by atoms with van der Waals surface area (Å²) in [6.45, 7) is 0.817. The standard InChI is InChI=1S/C13H17NO3/c1-17-12-6-2-10(3-7-12)8-14(9-13(15)16)11-4-5-11/h2-3,6-7,11H,4-5,8-9H2,1H3,(H,15,16). The van der Waals surface area contributed by atoms with E-state index in [1.807, 2.05) is 29.2 Å². The number of carbonyl (C=O) groups is 1. The van der Waals surface area contributed by atoms with Crippen LogP contribution in [0.25, 0.3) is 0 Å². The summed E-state index contributed by atoms with van der Waals surface area (Å²) in [5, 5.41) is 8.86. The Balaban J connectivity index is 1.98. The van der Waals surface area contributed by atoms with Gasteiger partial charge in [0.1, 0.15) is 5.75 Å². The topological polar surface area (TPSA) is 49.8 Å². The predicted octanol–water partition coefficient (Wildman–Crippen LogP) is 1.74. The lowest BCUT2D eigenvalue weighted by Crippen LogP contribution is -2.31. The SMILES string of the molecule is COc1ccc(CN(CC(=O)O)C2CC2)cc1. The van der Waals surface area contributed by atoms with Crippen molar-refractivity contribution in [3.8, 4) is 5.75 Å². The largest absolute Gasteiger partial charge is 0.497 e. The number of rotatable bonds is 6. The number of methoxy groups -OCH3 is 1. The minimum atomic E-state index is -0.759.